The van der Waals surface area contributed by atoms with Gasteiger partial charge in [0.2, 0.25) is 0 Å². The second-order valence-electron chi connectivity index (χ2n) is 12.4. The van der Waals surface area contributed by atoms with E-state index in [0.29, 0.717) is 17.5 Å². The van der Waals surface area contributed by atoms with Gasteiger partial charge >= 0.3 is 7.12 Å². The van der Waals surface area contributed by atoms with Crippen LogP contribution in [-0.2, 0) is 27.2 Å². The van der Waals surface area contributed by atoms with Crippen LogP contribution in [0.25, 0.3) is 10.9 Å². The van der Waals surface area contributed by atoms with Gasteiger partial charge in [0.25, 0.3) is 6.43 Å². The van der Waals surface area contributed by atoms with E-state index in [9.17, 15) is 13.3 Å². The molecule has 1 aliphatic heterocycles. The van der Waals surface area contributed by atoms with Gasteiger partial charge in [0, 0.05) is 40.6 Å². The Morgan fingerprint density at radius 1 is 1.06 bits per heavy atom. The Morgan fingerprint density at radius 3 is 2.09 bits per heavy atom. The molecule has 5 nitrogen and oxygen atoms in total. The van der Waals surface area contributed by atoms with Crippen molar-refractivity contribution in [2.45, 2.75) is 104 Å². The van der Waals surface area contributed by atoms with E-state index < -0.39 is 46.9 Å². The quantitative estimate of drug-likeness (QED) is 0.433. The second-order valence-corrected chi connectivity index (χ2v) is 14.4. The lowest BCUT2D eigenvalue weighted by atomic mass is 9.78. The molecule has 0 bridgehead atoms. The van der Waals surface area contributed by atoms with Crippen molar-refractivity contribution < 1.29 is 22.6 Å². The molecule has 3 rings (SSSR count). The van der Waals surface area contributed by atoms with Gasteiger partial charge in [-0.3, -0.25) is 0 Å². The Bertz CT molecular complexity index is 1010. The Labute approximate surface area is 206 Å². The fraction of sp³-hybridized carbons (Fsp3) is 0.680. The van der Waals surface area contributed by atoms with E-state index in [-0.39, 0.29) is 5.41 Å². The summed E-state index contributed by atoms with van der Waals surface area (Å²) < 4.78 is 57.7. The van der Waals surface area contributed by atoms with Crippen LogP contribution in [-0.4, -0.2) is 38.6 Å². The summed E-state index contributed by atoms with van der Waals surface area (Å²) in [5.41, 5.74) is 1.06. The number of nitrogens with one attached hydrogen (secondary N) is 1. The van der Waals surface area contributed by atoms with Crippen molar-refractivity contribution in [2.75, 3.05) is 0 Å². The van der Waals surface area contributed by atoms with Gasteiger partial charge in [-0.05, 0) is 65.4 Å². The third kappa shape index (κ3) is 5.64. The lowest BCUT2D eigenvalue weighted by molar-refractivity contribution is 0.00578. The maximum atomic E-state index is 14.3. The number of benzene rings is 1. The van der Waals surface area contributed by atoms with Crippen LogP contribution in [0.1, 0.15) is 80.8 Å². The Kier molecular flexibility index (Phi) is 7.33. The summed E-state index contributed by atoms with van der Waals surface area (Å²) in [6, 6.07) is 4.34. The maximum absolute atomic E-state index is 14.3. The van der Waals surface area contributed by atoms with Crippen LogP contribution in [0.5, 0.6) is 0 Å². The van der Waals surface area contributed by atoms with Crippen LogP contribution in [0.2, 0.25) is 0 Å². The van der Waals surface area contributed by atoms with Gasteiger partial charge in [0.1, 0.15) is 10.8 Å². The second kappa shape index (κ2) is 9.07. The summed E-state index contributed by atoms with van der Waals surface area (Å²) in [6.07, 6.45) is -0.948. The van der Waals surface area contributed by atoms with Crippen molar-refractivity contribution in [3.8, 4) is 0 Å². The van der Waals surface area contributed by atoms with Crippen molar-refractivity contribution >= 4 is 34.8 Å². The molecule has 0 amide bonds. The Hall–Kier alpha value is -1.13. The number of hydrogen-bond donors (Lipinski definition) is 1. The highest BCUT2D eigenvalue weighted by Gasteiger charge is 2.51. The highest BCUT2D eigenvalue weighted by Crippen LogP contribution is 2.38. The minimum atomic E-state index is -2.72. The van der Waals surface area contributed by atoms with Gasteiger partial charge < -0.3 is 18.4 Å². The fourth-order valence-electron chi connectivity index (χ4n) is 3.90. The summed E-state index contributed by atoms with van der Waals surface area (Å²) >= 11 is -1.64. The smallest absolute Gasteiger partial charge is 0.494 e. The standard InChI is InChI=1S/C25H39BF2N2O3S/c1-22(2,3)15-30-14-18(20(21(27)28)29-34(31)23(4,5)6)17-12-11-16(13-19(17)30)26-32-24(7,8)25(9,10)33-26/h11-14,20-21,29H,15H2,1-10H3/t20?,34-/m0/s1. The van der Waals surface area contributed by atoms with E-state index in [2.05, 4.69) is 25.5 Å². The van der Waals surface area contributed by atoms with Crippen LogP contribution >= 0.6 is 0 Å². The van der Waals surface area contributed by atoms with E-state index in [1.807, 2.05) is 50.5 Å². The minimum absolute atomic E-state index is 0.0778. The molecule has 0 radical (unpaired) electrons. The third-order valence-electron chi connectivity index (χ3n) is 6.48. The highest BCUT2D eigenvalue weighted by atomic mass is 32.2. The van der Waals surface area contributed by atoms with Gasteiger partial charge in [-0.1, -0.05) is 32.9 Å². The lowest BCUT2D eigenvalue weighted by Crippen LogP contribution is -2.43. The molecule has 0 saturated carbocycles. The number of rotatable bonds is 6. The van der Waals surface area contributed by atoms with Gasteiger partial charge in [-0.2, -0.15) is 0 Å². The molecule has 0 aliphatic carbocycles. The largest absolute Gasteiger partial charge is 0.598 e. The molecule has 1 aromatic heterocycles. The van der Waals surface area contributed by atoms with E-state index >= 15 is 0 Å². The van der Waals surface area contributed by atoms with E-state index in [0.717, 1.165) is 11.0 Å². The van der Waals surface area contributed by atoms with Gasteiger partial charge in [0.15, 0.2) is 0 Å². The number of alkyl halides is 2. The molecule has 0 spiro atoms. The van der Waals surface area contributed by atoms with Crippen LogP contribution in [0, 0.1) is 5.41 Å². The Balaban J connectivity index is 2.10. The minimum Gasteiger partial charge on any atom is -0.598 e. The summed E-state index contributed by atoms with van der Waals surface area (Å²) in [4.78, 5) is 0. The van der Waals surface area contributed by atoms with Gasteiger partial charge in [0.05, 0.1) is 11.2 Å². The number of aromatic nitrogens is 1. The lowest BCUT2D eigenvalue weighted by Gasteiger charge is -2.32. The molecule has 190 valence electrons. The first kappa shape index (κ1) is 27.5. The molecule has 2 atom stereocenters. The van der Waals surface area contributed by atoms with E-state index in [1.54, 1.807) is 27.0 Å². The molecule has 2 heterocycles. The first-order chi connectivity index (χ1) is 15.3. The fourth-order valence-corrected chi connectivity index (χ4v) is 4.71. The van der Waals surface area contributed by atoms with Crippen molar-refractivity contribution in [1.82, 2.24) is 9.29 Å². The normalized spacial score (nSPS) is 20.4. The van der Waals surface area contributed by atoms with Crippen molar-refractivity contribution in [3.05, 3.63) is 30.0 Å². The predicted octanol–water partition coefficient (Wildman–Crippen LogP) is 5.34. The molecule has 1 N–H and O–H groups in total. The van der Waals surface area contributed by atoms with E-state index in [4.69, 9.17) is 9.31 Å². The molecule has 1 unspecified atom stereocenters. The van der Waals surface area contributed by atoms with Crippen molar-refractivity contribution in [1.29, 1.82) is 0 Å². The van der Waals surface area contributed by atoms with E-state index in [1.165, 1.54) is 0 Å². The zero-order valence-corrected chi connectivity index (χ0v) is 22.9. The molecule has 9 heteroatoms. The third-order valence-corrected chi connectivity index (χ3v) is 8.06. The molecule has 1 aliphatic rings. The highest BCUT2D eigenvalue weighted by molar-refractivity contribution is 7.90. The van der Waals surface area contributed by atoms with Crippen molar-refractivity contribution in [2.24, 2.45) is 5.41 Å². The topological polar surface area (TPSA) is 58.5 Å². The average Bonchev–Trinajstić information content (AvgIpc) is 3.10. The zero-order chi connectivity index (χ0) is 25.9. The summed E-state index contributed by atoms with van der Waals surface area (Å²) in [5, 5.41) is 0.702. The van der Waals surface area contributed by atoms with Crippen LogP contribution in [0.3, 0.4) is 0 Å². The predicted molar refractivity (Wildman–Crippen MR) is 137 cm³/mol. The molecule has 1 saturated heterocycles. The zero-order valence-electron chi connectivity index (χ0n) is 22.1. The number of hydrogen-bond acceptors (Lipinski definition) is 4. The van der Waals surface area contributed by atoms with Crippen molar-refractivity contribution in [3.63, 3.8) is 0 Å². The van der Waals surface area contributed by atoms with Crippen LogP contribution in [0.15, 0.2) is 24.4 Å². The molecule has 2 aromatic rings. The van der Waals surface area contributed by atoms with Crippen LogP contribution < -0.4 is 10.2 Å². The number of fused-ring (bicyclic) bond motifs is 1. The first-order valence-corrected chi connectivity index (χ1v) is 12.9. The molecule has 1 aromatic carbocycles. The number of halogens is 2. The summed E-state index contributed by atoms with van der Waals surface area (Å²) in [7, 11) is -0.548. The average molecular weight is 496 g/mol. The molecule has 34 heavy (non-hydrogen) atoms. The number of nitrogens with zero attached hydrogens (tertiary/aromatic N) is 1. The van der Waals surface area contributed by atoms with Gasteiger partial charge in [-0.25, -0.2) is 8.78 Å². The van der Waals surface area contributed by atoms with Crippen LogP contribution in [0.4, 0.5) is 8.78 Å². The molecular weight excluding hydrogens is 457 g/mol. The summed E-state index contributed by atoms with van der Waals surface area (Å²) in [5.74, 6) is 0. The SMILES string of the molecule is CC(C)(C)Cn1cc(C(N[S@@+]([O-])C(C)(C)C)C(F)F)c2ccc(B3OC(C)(C)C(C)(C)O3)cc21. The monoisotopic (exact) mass is 496 g/mol. The molecular formula is C25H39BF2N2O3S. The maximum Gasteiger partial charge on any atom is 0.494 e. The summed E-state index contributed by atoms with van der Waals surface area (Å²) in [6.45, 7) is 20.2. The Morgan fingerprint density at radius 2 is 1.62 bits per heavy atom. The molecule has 1 fully saturated rings. The van der Waals surface area contributed by atoms with Gasteiger partial charge in [-0.15, -0.1) is 4.72 Å². The first-order valence-electron chi connectivity index (χ1n) is 11.8.